The lowest BCUT2D eigenvalue weighted by molar-refractivity contribution is -0.144. The van der Waals surface area contributed by atoms with Gasteiger partial charge in [0.15, 0.2) is 5.69 Å². The van der Waals surface area contributed by atoms with E-state index >= 15 is 0 Å². The molecule has 9 nitrogen and oxygen atoms in total. The molecule has 0 atom stereocenters. The third-order valence-corrected chi connectivity index (χ3v) is 7.35. The third-order valence-electron chi connectivity index (χ3n) is 7.35. The highest BCUT2D eigenvalue weighted by Crippen LogP contribution is 2.28. The summed E-state index contributed by atoms with van der Waals surface area (Å²) in [6, 6.07) is 10.8. The predicted molar refractivity (Wildman–Crippen MR) is 163 cm³/mol. The molecule has 0 spiro atoms. The molecule has 1 aliphatic rings. The molecule has 1 aliphatic heterocycles. The smallest absolute Gasteiger partial charge is 0.277 e. The minimum atomic E-state index is -0.964. The fraction of sp³-hybridized carbons (Fsp3) is 0.469. The summed E-state index contributed by atoms with van der Waals surface area (Å²) in [5, 5.41) is 6.89. The van der Waals surface area contributed by atoms with Crippen LogP contribution in [0.2, 0.25) is 0 Å². The van der Waals surface area contributed by atoms with Crippen LogP contribution in [0, 0.1) is 13.8 Å². The molecule has 220 valence electrons. The molecule has 3 amide bonds. The van der Waals surface area contributed by atoms with Crippen molar-refractivity contribution in [2.24, 2.45) is 0 Å². The van der Waals surface area contributed by atoms with Crippen LogP contribution in [0.5, 0.6) is 0 Å². The Morgan fingerprint density at radius 3 is 2.34 bits per heavy atom. The van der Waals surface area contributed by atoms with Crippen LogP contribution in [-0.4, -0.2) is 68.5 Å². The highest BCUT2D eigenvalue weighted by atomic mass is 16.2. The van der Waals surface area contributed by atoms with E-state index < -0.39 is 5.54 Å². The first-order valence-corrected chi connectivity index (χ1v) is 14.0. The molecule has 0 aliphatic carbocycles. The number of pyridine rings is 1. The fourth-order valence-electron chi connectivity index (χ4n) is 4.69. The SMILES string of the molecule is CN1CCN(C(=O)c2nn(C(C)(C)C)cc2NC=O)C(C)(C)C1=O.Cc1ccc(C)c(-c2ccc(C(C)C)nc2)c1. The van der Waals surface area contributed by atoms with Crippen molar-refractivity contribution in [2.45, 2.75) is 79.3 Å². The van der Waals surface area contributed by atoms with Crippen LogP contribution in [-0.2, 0) is 15.1 Å². The molecular weight excluding hydrogens is 516 g/mol. The van der Waals surface area contributed by atoms with Crippen molar-refractivity contribution in [1.29, 1.82) is 0 Å². The van der Waals surface area contributed by atoms with Crippen molar-refractivity contribution in [3.8, 4) is 11.1 Å². The number of piperazine rings is 1. The van der Waals surface area contributed by atoms with Crippen LogP contribution in [0.4, 0.5) is 5.69 Å². The predicted octanol–water partition coefficient (Wildman–Crippen LogP) is 5.39. The Hall–Kier alpha value is -4.01. The Bertz CT molecular complexity index is 1400. The van der Waals surface area contributed by atoms with E-state index in [9.17, 15) is 14.4 Å². The number of benzene rings is 1. The van der Waals surface area contributed by atoms with Crippen molar-refractivity contribution in [3.05, 3.63) is 65.2 Å². The molecule has 1 saturated heterocycles. The number of hydrogen-bond acceptors (Lipinski definition) is 5. The van der Waals surface area contributed by atoms with Gasteiger partial charge in [0.05, 0.1) is 11.2 Å². The van der Waals surface area contributed by atoms with Gasteiger partial charge >= 0.3 is 0 Å². The van der Waals surface area contributed by atoms with Gasteiger partial charge in [0.2, 0.25) is 12.3 Å². The van der Waals surface area contributed by atoms with Crippen LogP contribution in [0.3, 0.4) is 0 Å². The Morgan fingerprint density at radius 1 is 1.10 bits per heavy atom. The van der Waals surface area contributed by atoms with Gasteiger partial charge in [-0.05, 0) is 71.6 Å². The summed E-state index contributed by atoms with van der Waals surface area (Å²) < 4.78 is 1.64. The molecule has 2 aromatic heterocycles. The van der Waals surface area contributed by atoms with E-state index in [-0.39, 0.29) is 23.0 Å². The number of rotatable bonds is 5. The molecule has 4 rings (SSSR count). The number of nitrogens with one attached hydrogen (secondary N) is 1. The normalized spacial score (nSPS) is 15.0. The van der Waals surface area contributed by atoms with E-state index in [0.717, 1.165) is 5.69 Å². The lowest BCUT2D eigenvalue weighted by atomic mass is 9.97. The number of amides is 3. The monoisotopic (exact) mass is 560 g/mol. The molecule has 0 radical (unpaired) electrons. The fourth-order valence-corrected chi connectivity index (χ4v) is 4.69. The number of aromatic nitrogens is 3. The number of hydrogen-bond donors (Lipinski definition) is 1. The Kier molecular flexibility index (Phi) is 9.41. The number of carbonyl (C=O) groups is 3. The van der Waals surface area contributed by atoms with Gasteiger partial charge < -0.3 is 15.1 Å². The largest absolute Gasteiger partial charge is 0.342 e. The lowest BCUT2D eigenvalue weighted by Gasteiger charge is -2.44. The first-order chi connectivity index (χ1) is 19.1. The van der Waals surface area contributed by atoms with Crippen LogP contribution >= 0.6 is 0 Å². The second kappa shape index (κ2) is 12.2. The van der Waals surface area contributed by atoms with E-state index in [1.54, 1.807) is 36.7 Å². The van der Waals surface area contributed by atoms with Gasteiger partial charge in [-0.2, -0.15) is 5.10 Å². The van der Waals surface area contributed by atoms with Crippen molar-refractivity contribution in [1.82, 2.24) is 24.6 Å². The zero-order chi connectivity index (χ0) is 30.7. The number of anilines is 1. The van der Waals surface area contributed by atoms with E-state index in [2.05, 4.69) is 73.4 Å². The van der Waals surface area contributed by atoms with E-state index in [1.165, 1.54) is 27.2 Å². The average molecular weight is 561 g/mol. The van der Waals surface area contributed by atoms with Gasteiger partial charge in [-0.1, -0.05) is 43.7 Å². The molecule has 3 aromatic rings. The molecular formula is C32H44N6O3. The maximum absolute atomic E-state index is 13.0. The van der Waals surface area contributed by atoms with Crippen LogP contribution in [0.15, 0.2) is 42.7 Å². The van der Waals surface area contributed by atoms with E-state index in [4.69, 9.17) is 0 Å². The third kappa shape index (κ3) is 7.01. The summed E-state index contributed by atoms with van der Waals surface area (Å²) in [7, 11) is 1.72. The summed E-state index contributed by atoms with van der Waals surface area (Å²) in [4.78, 5) is 44.0. The summed E-state index contributed by atoms with van der Waals surface area (Å²) in [6.07, 6.45) is 4.13. The standard InChI is InChI=1S/C16H25N5O3.C16H19N/c1-15(2,3)21-9-11(17-10-22)12(18-21)13(23)20-8-7-19(6)14(24)16(20,4)5;1-11(2)16-8-7-14(10-17-16)15-9-12(3)5-6-13(15)4/h9-10H,7-8H2,1-6H3,(H,17,22);5-11H,1-4H3. The zero-order valence-electron chi connectivity index (χ0n) is 26.1. The second-order valence-corrected chi connectivity index (χ2v) is 12.5. The zero-order valence-corrected chi connectivity index (χ0v) is 26.1. The Labute approximate surface area is 243 Å². The minimum absolute atomic E-state index is 0.123. The Morgan fingerprint density at radius 2 is 1.78 bits per heavy atom. The van der Waals surface area contributed by atoms with Gasteiger partial charge in [-0.3, -0.25) is 24.0 Å². The van der Waals surface area contributed by atoms with Crippen LogP contribution in [0.25, 0.3) is 11.1 Å². The molecule has 41 heavy (non-hydrogen) atoms. The van der Waals surface area contributed by atoms with E-state index in [1.807, 2.05) is 27.0 Å². The number of aryl methyl sites for hydroxylation is 2. The molecule has 0 saturated carbocycles. The average Bonchev–Trinajstić information content (AvgIpc) is 3.34. The molecule has 9 heteroatoms. The molecule has 1 N–H and O–H groups in total. The van der Waals surface area contributed by atoms with Gasteiger partial charge in [0.1, 0.15) is 5.54 Å². The first-order valence-electron chi connectivity index (χ1n) is 14.0. The van der Waals surface area contributed by atoms with E-state index in [0.29, 0.717) is 31.1 Å². The summed E-state index contributed by atoms with van der Waals surface area (Å²) in [6.45, 7) is 18.8. The molecule has 0 bridgehead atoms. The highest BCUT2D eigenvalue weighted by molar-refractivity contribution is 6.02. The quantitative estimate of drug-likeness (QED) is 0.422. The number of nitrogens with zero attached hydrogens (tertiary/aromatic N) is 5. The summed E-state index contributed by atoms with van der Waals surface area (Å²) in [5.74, 6) is -0.00120. The van der Waals surface area contributed by atoms with Crippen molar-refractivity contribution in [3.63, 3.8) is 0 Å². The number of likely N-dealkylation sites (N-methyl/N-ethyl adjacent to an activating group) is 1. The minimum Gasteiger partial charge on any atom is -0.342 e. The van der Waals surface area contributed by atoms with Crippen molar-refractivity contribution >= 4 is 23.9 Å². The van der Waals surface area contributed by atoms with Gasteiger partial charge in [0.25, 0.3) is 5.91 Å². The van der Waals surface area contributed by atoms with Crippen LogP contribution in [0.1, 0.15) is 81.7 Å². The first kappa shape index (κ1) is 31.5. The lowest BCUT2D eigenvalue weighted by Crippen LogP contribution is -2.63. The number of carbonyl (C=O) groups excluding carboxylic acids is 3. The van der Waals surface area contributed by atoms with Gasteiger partial charge in [-0.15, -0.1) is 0 Å². The van der Waals surface area contributed by atoms with Gasteiger partial charge in [-0.25, -0.2) is 0 Å². The topological polar surface area (TPSA) is 100 Å². The molecule has 1 aromatic carbocycles. The molecule has 1 fully saturated rings. The second-order valence-electron chi connectivity index (χ2n) is 12.5. The summed E-state index contributed by atoms with van der Waals surface area (Å²) in [5.41, 5.74) is 5.41. The highest BCUT2D eigenvalue weighted by Gasteiger charge is 2.44. The van der Waals surface area contributed by atoms with Crippen LogP contribution < -0.4 is 5.32 Å². The molecule has 3 heterocycles. The maximum Gasteiger partial charge on any atom is 0.277 e. The Balaban J connectivity index is 0.000000239. The van der Waals surface area contributed by atoms with Crippen molar-refractivity contribution < 1.29 is 14.4 Å². The maximum atomic E-state index is 13.0. The van der Waals surface area contributed by atoms with Gasteiger partial charge in [0, 0.05) is 43.8 Å². The summed E-state index contributed by atoms with van der Waals surface area (Å²) >= 11 is 0. The van der Waals surface area contributed by atoms with Crippen molar-refractivity contribution in [2.75, 3.05) is 25.5 Å². The molecule has 0 unspecified atom stereocenters.